The second kappa shape index (κ2) is 4.72. The van der Waals surface area contributed by atoms with E-state index in [1.54, 1.807) is 24.3 Å². The smallest absolute Gasteiger partial charge is 0.337 e. The van der Waals surface area contributed by atoms with Gasteiger partial charge in [0.15, 0.2) is 0 Å². The highest BCUT2D eigenvalue weighted by atomic mass is 16.4. The van der Waals surface area contributed by atoms with Gasteiger partial charge in [-0.25, -0.2) is 9.48 Å². The Morgan fingerprint density at radius 2 is 2.05 bits per heavy atom. The number of aryl methyl sites for hydroxylation is 1. The second-order valence-corrected chi connectivity index (χ2v) is 4.56. The highest BCUT2D eigenvalue weighted by Gasteiger charge is 2.17. The van der Waals surface area contributed by atoms with E-state index in [1.807, 2.05) is 13.0 Å². The van der Waals surface area contributed by atoms with Crippen LogP contribution in [0.5, 0.6) is 0 Å². The Bertz CT molecular complexity index is 906. The maximum atomic E-state index is 11.4. The molecular weight excluding hydrogens is 268 g/mol. The van der Waals surface area contributed by atoms with Gasteiger partial charge in [0.1, 0.15) is 17.1 Å². The summed E-state index contributed by atoms with van der Waals surface area (Å²) in [6.07, 6.45) is 0. The lowest BCUT2D eigenvalue weighted by molar-refractivity contribution is 0.0698. The molecule has 0 aliphatic heterocycles. The number of benzene rings is 2. The number of para-hydroxylation sites is 1. The SMILES string of the molecule is Cc1cccc(-n2nnc3cccc(C(=O)O)c32)c1C#N. The summed E-state index contributed by atoms with van der Waals surface area (Å²) in [7, 11) is 0. The summed E-state index contributed by atoms with van der Waals surface area (Å²) in [5.41, 5.74) is 2.72. The average Bonchev–Trinajstić information content (AvgIpc) is 2.90. The van der Waals surface area contributed by atoms with E-state index >= 15 is 0 Å². The van der Waals surface area contributed by atoms with Gasteiger partial charge in [0, 0.05) is 0 Å². The fourth-order valence-corrected chi connectivity index (χ4v) is 2.29. The van der Waals surface area contributed by atoms with Gasteiger partial charge in [-0.1, -0.05) is 23.4 Å². The van der Waals surface area contributed by atoms with E-state index < -0.39 is 5.97 Å². The molecule has 1 aromatic heterocycles. The maximum absolute atomic E-state index is 11.4. The molecule has 1 N–H and O–H groups in total. The third kappa shape index (κ3) is 1.92. The summed E-state index contributed by atoms with van der Waals surface area (Å²) >= 11 is 0. The van der Waals surface area contributed by atoms with E-state index in [1.165, 1.54) is 10.7 Å². The van der Waals surface area contributed by atoms with Crippen molar-refractivity contribution in [1.29, 1.82) is 5.26 Å². The summed E-state index contributed by atoms with van der Waals surface area (Å²) in [6.45, 7) is 1.82. The Morgan fingerprint density at radius 3 is 2.76 bits per heavy atom. The molecule has 3 aromatic rings. The molecule has 0 aliphatic rings. The number of aromatic carboxylic acids is 1. The molecule has 6 heteroatoms. The number of carboxylic acid groups (broad SMARTS) is 1. The molecule has 0 saturated heterocycles. The van der Waals surface area contributed by atoms with Crippen LogP contribution in [0.3, 0.4) is 0 Å². The molecule has 0 bridgehead atoms. The van der Waals surface area contributed by atoms with Gasteiger partial charge in [0.25, 0.3) is 0 Å². The molecule has 102 valence electrons. The third-order valence-electron chi connectivity index (χ3n) is 3.29. The van der Waals surface area contributed by atoms with Crippen molar-refractivity contribution < 1.29 is 9.90 Å². The number of hydrogen-bond acceptors (Lipinski definition) is 4. The Labute approximate surface area is 119 Å². The quantitative estimate of drug-likeness (QED) is 0.776. The van der Waals surface area contributed by atoms with E-state index in [9.17, 15) is 15.2 Å². The van der Waals surface area contributed by atoms with Crippen LogP contribution in [0.25, 0.3) is 16.7 Å². The van der Waals surface area contributed by atoms with Crippen LogP contribution in [-0.4, -0.2) is 26.1 Å². The molecule has 0 saturated carbocycles. The van der Waals surface area contributed by atoms with Crippen molar-refractivity contribution in [2.75, 3.05) is 0 Å². The molecule has 0 aliphatic carbocycles. The number of nitrogens with zero attached hydrogens (tertiary/aromatic N) is 4. The van der Waals surface area contributed by atoms with E-state index in [2.05, 4.69) is 16.4 Å². The maximum Gasteiger partial charge on any atom is 0.337 e. The molecule has 3 rings (SSSR count). The summed E-state index contributed by atoms with van der Waals surface area (Å²) in [5, 5.41) is 26.6. The highest BCUT2D eigenvalue weighted by molar-refractivity contribution is 6.01. The zero-order chi connectivity index (χ0) is 15.0. The van der Waals surface area contributed by atoms with E-state index in [4.69, 9.17) is 0 Å². The van der Waals surface area contributed by atoms with Gasteiger partial charge in [-0.15, -0.1) is 5.10 Å². The molecule has 0 atom stereocenters. The first-order valence-electron chi connectivity index (χ1n) is 6.21. The molecule has 2 aromatic carbocycles. The fourth-order valence-electron chi connectivity index (χ4n) is 2.29. The Morgan fingerprint density at radius 1 is 1.29 bits per heavy atom. The van der Waals surface area contributed by atoms with Crippen LogP contribution in [0.15, 0.2) is 36.4 Å². The molecule has 6 nitrogen and oxygen atoms in total. The van der Waals surface area contributed by atoms with Crippen LogP contribution in [0, 0.1) is 18.3 Å². The Kier molecular flexibility index (Phi) is 2.88. The fraction of sp³-hybridized carbons (Fsp3) is 0.0667. The van der Waals surface area contributed by atoms with Crippen molar-refractivity contribution in [2.24, 2.45) is 0 Å². The van der Waals surface area contributed by atoms with Gasteiger partial charge in [-0.2, -0.15) is 5.26 Å². The van der Waals surface area contributed by atoms with Crippen LogP contribution >= 0.6 is 0 Å². The first kappa shape index (κ1) is 12.8. The molecule has 21 heavy (non-hydrogen) atoms. The number of nitriles is 1. The number of fused-ring (bicyclic) bond motifs is 1. The van der Waals surface area contributed by atoms with Gasteiger partial charge < -0.3 is 5.11 Å². The minimum Gasteiger partial charge on any atom is -0.478 e. The van der Waals surface area contributed by atoms with Gasteiger partial charge in [-0.3, -0.25) is 0 Å². The first-order chi connectivity index (χ1) is 10.1. The molecule has 0 radical (unpaired) electrons. The lowest BCUT2D eigenvalue weighted by atomic mass is 10.1. The number of rotatable bonds is 2. The summed E-state index contributed by atoms with van der Waals surface area (Å²) < 4.78 is 1.41. The topological polar surface area (TPSA) is 91.8 Å². The minimum atomic E-state index is -1.06. The summed E-state index contributed by atoms with van der Waals surface area (Å²) in [5.74, 6) is -1.06. The number of carboxylic acids is 1. The van der Waals surface area contributed by atoms with E-state index in [0.717, 1.165) is 5.56 Å². The van der Waals surface area contributed by atoms with Gasteiger partial charge >= 0.3 is 5.97 Å². The van der Waals surface area contributed by atoms with Crippen LogP contribution in [0.4, 0.5) is 0 Å². The van der Waals surface area contributed by atoms with E-state index in [-0.39, 0.29) is 5.56 Å². The van der Waals surface area contributed by atoms with Gasteiger partial charge in [0.2, 0.25) is 0 Å². The predicted octanol–water partition coefficient (Wildman–Crippen LogP) is 2.30. The number of carbonyl (C=O) groups is 1. The van der Waals surface area contributed by atoms with Crippen molar-refractivity contribution in [3.8, 4) is 11.8 Å². The molecule has 1 heterocycles. The molecule has 0 fully saturated rings. The molecule has 0 spiro atoms. The highest BCUT2D eigenvalue weighted by Crippen LogP contribution is 2.24. The molecular formula is C15H10N4O2. The van der Waals surface area contributed by atoms with Crippen LogP contribution < -0.4 is 0 Å². The van der Waals surface area contributed by atoms with Crippen molar-refractivity contribution >= 4 is 17.0 Å². The Hall–Kier alpha value is -3.20. The lowest BCUT2D eigenvalue weighted by Crippen LogP contribution is -2.05. The van der Waals surface area contributed by atoms with E-state index in [0.29, 0.717) is 22.3 Å². The normalized spacial score (nSPS) is 10.5. The monoisotopic (exact) mass is 278 g/mol. The average molecular weight is 278 g/mol. The van der Waals surface area contributed by atoms with Gasteiger partial charge in [-0.05, 0) is 30.7 Å². The second-order valence-electron chi connectivity index (χ2n) is 4.56. The third-order valence-corrected chi connectivity index (χ3v) is 3.29. The zero-order valence-corrected chi connectivity index (χ0v) is 11.1. The van der Waals surface area contributed by atoms with Crippen molar-refractivity contribution in [3.63, 3.8) is 0 Å². The largest absolute Gasteiger partial charge is 0.478 e. The molecule has 0 unspecified atom stereocenters. The van der Waals surface area contributed by atoms with Gasteiger partial charge in [0.05, 0.1) is 16.8 Å². The number of aromatic nitrogens is 3. The van der Waals surface area contributed by atoms with Crippen LogP contribution in [-0.2, 0) is 0 Å². The minimum absolute atomic E-state index is 0.0999. The summed E-state index contributed by atoms with van der Waals surface area (Å²) in [6, 6.07) is 12.3. The van der Waals surface area contributed by atoms with Crippen molar-refractivity contribution in [2.45, 2.75) is 6.92 Å². The predicted molar refractivity (Wildman–Crippen MR) is 75.3 cm³/mol. The van der Waals surface area contributed by atoms with Crippen molar-refractivity contribution in [3.05, 3.63) is 53.1 Å². The van der Waals surface area contributed by atoms with Crippen LogP contribution in [0.1, 0.15) is 21.5 Å². The standard InChI is InChI=1S/C15H10N4O2/c1-9-4-2-7-13(11(9)8-16)19-14-10(15(20)21)5-3-6-12(14)17-18-19/h2-7H,1H3,(H,20,21). The zero-order valence-electron chi connectivity index (χ0n) is 11.1. The Balaban J connectivity index is 2.40. The molecule has 0 amide bonds. The first-order valence-corrected chi connectivity index (χ1v) is 6.21. The number of hydrogen-bond donors (Lipinski definition) is 1. The lowest BCUT2D eigenvalue weighted by Gasteiger charge is -2.08. The van der Waals surface area contributed by atoms with Crippen LogP contribution in [0.2, 0.25) is 0 Å². The van der Waals surface area contributed by atoms with Crippen molar-refractivity contribution in [1.82, 2.24) is 15.0 Å². The summed E-state index contributed by atoms with van der Waals surface area (Å²) in [4.78, 5) is 11.4.